The molecule has 0 radical (unpaired) electrons. The van der Waals surface area contributed by atoms with Crippen LogP contribution in [0, 0.1) is 0 Å². The fourth-order valence-corrected chi connectivity index (χ4v) is 1.31. The first-order chi connectivity index (χ1) is 7.63. The molecule has 0 aliphatic rings. The molecule has 1 atom stereocenters. The number of rotatable bonds is 6. The second kappa shape index (κ2) is 5.89. The van der Waals surface area contributed by atoms with E-state index in [0.29, 0.717) is 18.5 Å². The maximum atomic E-state index is 11.3. The molecular formula is C10H15N3O3. The Morgan fingerprint density at radius 1 is 1.62 bits per heavy atom. The van der Waals surface area contributed by atoms with Crippen LogP contribution in [-0.2, 0) is 16.0 Å². The van der Waals surface area contributed by atoms with Crippen LogP contribution in [0.15, 0.2) is 12.5 Å². The quantitative estimate of drug-likeness (QED) is 0.649. The van der Waals surface area contributed by atoms with E-state index in [2.05, 4.69) is 15.3 Å². The number of hydrogen-bond donors (Lipinski definition) is 3. The lowest BCUT2D eigenvalue weighted by Gasteiger charge is -2.13. The van der Waals surface area contributed by atoms with Crippen molar-refractivity contribution in [1.29, 1.82) is 0 Å². The summed E-state index contributed by atoms with van der Waals surface area (Å²) in [7, 11) is 0. The number of carbonyl (C=O) groups excluding carboxylic acids is 1. The van der Waals surface area contributed by atoms with Gasteiger partial charge in [-0.25, -0.2) is 9.78 Å². The van der Waals surface area contributed by atoms with Gasteiger partial charge in [-0.3, -0.25) is 4.79 Å². The average molecular weight is 225 g/mol. The number of aromatic nitrogens is 2. The Labute approximate surface area is 93.1 Å². The van der Waals surface area contributed by atoms with E-state index in [1.807, 2.05) is 6.92 Å². The van der Waals surface area contributed by atoms with Gasteiger partial charge in [-0.05, 0) is 6.42 Å². The van der Waals surface area contributed by atoms with Gasteiger partial charge in [0.15, 0.2) is 0 Å². The van der Waals surface area contributed by atoms with Gasteiger partial charge in [-0.2, -0.15) is 0 Å². The standard InChI is InChI=1S/C10H15N3O3/c1-2-3-9(14)13-8(10(15)16)4-7-5-11-6-12-7/h5-6,8H,2-4H2,1H3,(H,11,12)(H,13,14)(H,15,16)/t8-/m0/s1. The second-order valence-corrected chi connectivity index (χ2v) is 3.49. The van der Waals surface area contributed by atoms with Crippen LogP contribution in [0.2, 0.25) is 0 Å². The molecule has 0 aliphatic carbocycles. The Bertz CT molecular complexity index is 348. The van der Waals surface area contributed by atoms with Crippen LogP contribution in [-0.4, -0.2) is 33.0 Å². The molecule has 3 N–H and O–H groups in total. The van der Waals surface area contributed by atoms with Crippen LogP contribution in [0.1, 0.15) is 25.5 Å². The summed E-state index contributed by atoms with van der Waals surface area (Å²) in [5, 5.41) is 11.4. The maximum Gasteiger partial charge on any atom is 0.326 e. The summed E-state index contributed by atoms with van der Waals surface area (Å²) >= 11 is 0. The van der Waals surface area contributed by atoms with Gasteiger partial charge >= 0.3 is 5.97 Å². The van der Waals surface area contributed by atoms with Crippen LogP contribution < -0.4 is 5.32 Å². The molecule has 6 heteroatoms. The van der Waals surface area contributed by atoms with Crippen molar-refractivity contribution in [3.63, 3.8) is 0 Å². The molecule has 0 saturated heterocycles. The molecule has 0 bridgehead atoms. The topological polar surface area (TPSA) is 95.1 Å². The number of H-pyrrole nitrogens is 1. The molecule has 6 nitrogen and oxygen atoms in total. The highest BCUT2D eigenvalue weighted by Gasteiger charge is 2.20. The summed E-state index contributed by atoms with van der Waals surface area (Å²) in [6.07, 6.45) is 4.27. The zero-order valence-electron chi connectivity index (χ0n) is 9.06. The first-order valence-corrected chi connectivity index (χ1v) is 5.13. The number of nitrogens with one attached hydrogen (secondary N) is 2. The molecule has 1 aromatic heterocycles. The number of carbonyl (C=O) groups is 2. The third kappa shape index (κ3) is 3.72. The van der Waals surface area contributed by atoms with E-state index in [9.17, 15) is 9.59 Å². The summed E-state index contributed by atoms with van der Waals surface area (Å²) in [6.45, 7) is 1.87. The number of aliphatic carboxylic acids is 1. The average Bonchev–Trinajstić information content (AvgIpc) is 2.69. The van der Waals surface area contributed by atoms with E-state index in [1.54, 1.807) is 6.20 Å². The molecule has 16 heavy (non-hydrogen) atoms. The lowest BCUT2D eigenvalue weighted by Crippen LogP contribution is -2.42. The van der Waals surface area contributed by atoms with Crippen molar-refractivity contribution < 1.29 is 14.7 Å². The van der Waals surface area contributed by atoms with Gasteiger partial charge in [-0.15, -0.1) is 0 Å². The van der Waals surface area contributed by atoms with Crippen LogP contribution in [0.25, 0.3) is 0 Å². The van der Waals surface area contributed by atoms with Crippen molar-refractivity contribution >= 4 is 11.9 Å². The number of nitrogens with zero attached hydrogens (tertiary/aromatic N) is 1. The summed E-state index contributed by atoms with van der Waals surface area (Å²) < 4.78 is 0. The molecule has 0 fully saturated rings. The van der Waals surface area contributed by atoms with Gasteiger partial charge in [0.1, 0.15) is 6.04 Å². The Hall–Kier alpha value is -1.85. The Morgan fingerprint density at radius 2 is 2.38 bits per heavy atom. The summed E-state index contributed by atoms with van der Waals surface area (Å²) in [4.78, 5) is 28.8. The molecule has 1 rings (SSSR count). The monoisotopic (exact) mass is 225 g/mol. The number of imidazole rings is 1. The SMILES string of the molecule is CCCC(=O)N[C@@H](Cc1cnc[nH]1)C(=O)O. The smallest absolute Gasteiger partial charge is 0.326 e. The van der Waals surface area contributed by atoms with E-state index in [0.717, 1.165) is 0 Å². The van der Waals surface area contributed by atoms with Crippen molar-refractivity contribution in [2.24, 2.45) is 0 Å². The Kier molecular flexibility index (Phi) is 4.50. The molecule has 0 spiro atoms. The van der Waals surface area contributed by atoms with E-state index in [4.69, 9.17) is 5.11 Å². The van der Waals surface area contributed by atoms with Gasteiger partial charge < -0.3 is 15.4 Å². The molecule has 1 heterocycles. The summed E-state index contributed by atoms with van der Waals surface area (Å²) in [6, 6.07) is -0.903. The van der Waals surface area contributed by atoms with Crippen molar-refractivity contribution in [2.45, 2.75) is 32.2 Å². The number of aromatic amines is 1. The number of amides is 1. The molecule has 1 amide bonds. The van der Waals surface area contributed by atoms with Crippen LogP contribution in [0.4, 0.5) is 0 Å². The molecule has 88 valence electrons. The van der Waals surface area contributed by atoms with Crippen LogP contribution in [0.5, 0.6) is 0 Å². The van der Waals surface area contributed by atoms with Gasteiger partial charge in [-0.1, -0.05) is 6.92 Å². The second-order valence-electron chi connectivity index (χ2n) is 3.49. The van der Waals surface area contributed by atoms with E-state index < -0.39 is 12.0 Å². The highest BCUT2D eigenvalue weighted by Crippen LogP contribution is 1.99. The minimum atomic E-state index is -1.04. The fourth-order valence-electron chi connectivity index (χ4n) is 1.31. The van der Waals surface area contributed by atoms with Crippen molar-refractivity contribution in [2.75, 3.05) is 0 Å². The summed E-state index contributed by atoms with van der Waals surface area (Å²) in [5.74, 6) is -1.28. The fraction of sp³-hybridized carbons (Fsp3) is 0.500. The van der Waals surface area contributed by atoms with E-state index >= 15 is 0 Å². The highest BCUT2D eigenvalue weighted by molar-refractivity contribution is 5.83. The molecule has 0 saturated carbocycles. The van der Waals surface area contributed by atoms with Gasteiger partial charge in [0.25, 0.3) is 0 Å². The lowest BCUT2D eigenvalue weighted by atomic mass is 10.1. The minimum absolute atomic E-state index is 0.213. The largest absolute Gasteiger partial charge is 0.480 e. The Balaban J connectivity index is 2.54. The molecular weight excluding hydrogens is 210 g/mol. The van der Waals surface area contributed by atoms with Crippen molar-refractivity contribution in [3.8, 4) is 0 Å². The summed E-state index contributed by atoms with van der Waals surface area (Å²) in [5.41, 5.74) is 0.684. The third-order valence-corrected chi connectivity index (χ3v) is 2.09. The van der Waals surface area contributed by atoms with Gasteiger partial charge in [0.2, 0.25) is 5.91 Å². The van der Waals surface area contributed by atoms with Gasteiger partial charge in [0, 0.05) is 24.7 Å². The zero-order chi connectivity index (χ0) is 12.0. The van der Waals surface area contributed by atoms with Crippen molar-refractivity contribution in [3.05, 3.63) is 18.2 Å². The molecule has 1 aromatic rings. The minimum Gasteiger partial charge on any atom is -0.480 e. The third-order valence-electron chi connectivity index (χ3n) is 2.09. The predicted molar refractivity (Wildman–Crippen MR) is 56.8 cm³/mol. The maximum absolute atomic E-state index is 11.3. The van der Waals surface area contributed by atoms with Gasteiger partial charge in [0.05, 0.1) is 6.33 Å². The molecule has 0 unspecified atom stereocenters. The van der Waals surface area contributed by atoms with Crippen molar-refractivity contribution in [1.82, 2.24) is 15.3 Å². The van der Waals surface area contributed by atoms with E-state index in [1.165, 1.54) is 6.33 Å². The lowest BCUT2D eigenvalue weighted by molar-refractivity contribution is -0.141. The first kappa shape index (κ1) is 12.2. The molecule has 0 aromatic carbocycles. The normalized spacial score (nSPS) is 12.1. The predicted octanol–water partition coefficient (Wildman–Crippen LogP) is 0.322. The number of carboxylic acid groups (broad SMARTS) is 1. The molecule has 0 aliphatic heterocycles. The Morgan fingerprint density at radius 3 is 2.88 bits per heavy atom. The van der Waals surface area contributed by atoms with E-state index in [-0.39, 0.29) is 12.3 Å². The first-order valence-electron chi connectivity index (χ1n) is 5.13. The van der Waals surface area contributed by atoms with Crippen LogP contribution in [0.3, 0.4) is 0 Å². The number of carboxylic acids is 1. The highest BCUT2D eigenvalue weighted by atomic mass is 16.4. The number of hydrogen-bond acceptors (Lipinski definition) is 3. The zero-order valence-corrected chi connectivity index (χ0v) is 9.06. The van der Waals surface area contributed by atoms with Crippen LogP contribution >= 0.6 is 0 Å².